The van der Waals surface area contributed by atoms with Crippen LogP contribution in [0.25, 0.3) is 6.08 Å². The Hall–Kier alpha value is -2.76. The summed E-state index contributed by atoms with van der Waals surface area (Å²) >= 11 is 0. The van der Waals surface area contributed by atoms with Gasteiger partial charge >= 0.3 is 0 Å². The molecule has 1 saturated carbocycles. The first-order valence-electron chi connectivity index (χ1n) is 9.78. The van der Waals surface area contributed by atoms with Gasteiger partial charge < -0.3 is 14.8 Å². The van der Waals surface area contributed by atoms with E-state index in [4.69, 9.17) is 9.47 Å². The van der Waals surface area contributed by atoms with Crippen LogP contribution < -0.4 is 14.8 Å². The number of ether oxygens (including phenoxy) is 2. The van der Waals surface area contributed by atoms with Gasteiger partial charge in [0, 0.05) is 18.2 Å². The molecule has 1 heterocycles. The lowest BCUT2D eigenvalue weighted by Crippen LogP contribution is -2.14. The Kier molecular flexibility index (Phi) is 6.39. The van der Waals surface area contributed by atoms with Crippen molar-refractivity contribution >= 4 is 17.8 Å². The number of carbonyl (C=O) groups is 1. The van der Waals surface area contributed by atoms with Crippen LogP contribution in [0.3, 0.4) is 0 Å². The van der Waals surface area contributed by atoms with Crippen LogP contribution >= 0.6 is 0 Å². The average molecular weight is 383 g/mol. The van der Waals surface area contributed by atoms with Crippen LogP contribution in [-0.4, -0.2) is 29.4 Å². The van der Waals surface area contributed by atoms with E-state index in [2.05, 4.69) is 24.3 Å². The Balaban J connectivity index is 1.64. The minimum atomic E-state index is -0.181. The van der Waals surface area contributed by atoms with Crippen LogP contribution in [0.5, 0.6) is 11.5 Å². The van der Waals surface area contributed by atoms with Crippen molar-refractivity contribution in [3.05, 3.63) is 41.6 Å². The van der Waals surface area contributed by atoms with Gasteiger partial charge in [-0.15, -0.1) is 0 Å². The third-order valence-electron chi connectivity index (χ3n) is 4.58. The first-order chi connectivity index (χ1) is 13.5. The monoisotopic (exact) mass is 383 g/mol. The summed E-state index contributed by atoms with van der Waals surface area (Å²) in [4.78, 5) is 12.4. The highest BCUT2D eigenvalue weighted by Gasteiger charge is 2.23. The fourth-order valence-corrected chi connectivity index (χ4v) is 2.82. The van der Waals surface area contributed by atoms with Crippen molar-refractivity contribution in [1.82, 2.24) is 9.78 Å². The number of nitrogens with one attached hydrogen (secondary N) is 1. The Morgan fingerprint density at radius 2 is 2.14 bits per heavy atom. The van der Waals surface area contributed by atoms with Gasteiger partial charge in [-0.2, -0.15) is 5.10 Å². The number of aromatic nitrogens is 2. The predicted molar refractivity (Wildman–Crippen MR) is 111 cm³/mol. The van der Waals surface area contributed by atoms with Gasteiger partial charge in [-0.25, -0.2) is 4.68 Å². The van der Waals surface area contributed by atoms with Gasteiger partial charge in [0.05, 0.1) is 19.9 Å². The summed E-state index contributed by atoms with van der Waals surface area (Å²) < 4.78 is 13.1. The summed E-state index contributed by atoms with van der Waals surface area (Å²) in [6.45, 7) is 7.64. The molecule has 0 spiro atoms. The highest BCUT2D eigenvalue weighted by molar-refractivity contribution is 6.01. The summed E-state index contributed by atoms with van der Waals surface area (Å²) in [5, 5.41) is 7.33. The minimum Gasteiger partial charge on any atom is -0.493 e. The number of nitrogens with zero attached hydrogens (tertiary/aromatic N) is 2. The van der Waals surface area contributed by atoms with Crippen LogP contribution in [-0.2, 0) is 11.3 Å². The number of aryl methyl sites for hydroxylation is 1. The summed E-state index contributed by atoms with van der Waals surface area (Å²) in [6, 6.07) is 5.64. The molecule has 150 valence electrons. The Labute approximate surface area is 166 Å². The molecule has 2 aromatic rings. The largest absolute Gasteiger partial charge is 0.493 e. The fraction of sp³-hybridized carbons (Fsp3) is 0.455. The number of anilines is 1. The molecule has 0 aliphatic heterocycles. The van der Waals surface area contributed by atoms with Gasteiger partial charge in [0.15, 0.2) is 11.5 Å². The van der Waals surface area contributed by atoms with E-state index >= 15 is 0 Å². The fourth-order valence-electron chi connectivity index (χ4n) is 2.82. The van der Waals surface area contributed by atoms with E-state index in [1.54, 1.807) is 19.4 Å². The molecule has 6 nitrogen and oxygen atoms in total. The molecule has 0 atom stereocenters. The Morgan fingerprint density at radius 1 is 1.36 bits per heavy atom. The van der Waals surface area contributed by atoms with Gasteiger partial charge in [0.1, 0.15) is 5.82 Å². The molecule has 0 saturated heterocycles. The second-order valence-corrected chi connectivity index (χ2v) is 7.74. The van der Waals surface area contributed by atoms with Crippen molar-refractivity contribution in [2.45, 2.75) is 40.2 Å². The predicted octanol–water partition coefficient (Wildman–Crippen LogP) is 4.30. The molecule has 1 aromatic heterocycles. The van der Waals surface area contributed by atoms with Crippen LogP contribution in [0.15, 0.2) is 30.5 Å². The Bertz CT molecular complexity index is 851. The number of benzene rings is 1. The molecular weight excluding hydrogens is 354 g/mol. The van der Waals surface area contributed by atoms with Gasteiger partial charge in [0.2, 0.25) is 5.91 Å². The second kappa shape index (κ2) is 8.95. The summed E-state index contributed by atoms with van der Waals surface area (Å²) in [7, 11) is 1.61. The van der Waals surface area contributed by atoms with E-state index in [1.165, 1.54) is 18.9 Å². The van der Waals surface area contributed by atoms with Crippen LogP contribution in [0.2, 0.25) is 0 Å². The number of rotatable bonds is 9. The number of methoxy groups -OCH3 is 1. The lowest BCUT2D eigenvalue weighted by Gasteiger charge is -2.12. The van der Waals surface area contributed by atoms with Crippen LogP contribution in [0.1, 0.15) is 37.8 Å². The third kappa shape index (κ3) is 5.38. The number of amides is 1. The number of hydrogen-bond donors (Lipinski definition) is 1. The van der Waals surface area contributed by atoms with E-state index < -0.39 is 0 Å². The zero-order chi connectivity index (χ0) is 20.1. The maximum Gasteiger partial charge on any atom is 0.249 e. The second-order valence-electron chi connectivity index (χ2n) is 7.74. The van der Waals surface area contributed by atoms with Gasteiger partial charge in [-0.1, -0.05) is 19.9 Å². The Morgan fingerprint density at radius 3 is 2.82 bits per heavy atom. The molecule has 6 heteroatoms. The van der Waals surface area contributed by atoms with E-state index in [0.717, 1.165) is 23.5 Å². The zero-order valence-corrected chi connectivity index (χ0v) is 17.1. The SMILES string of the molecule is COc1cc(/C=C/C(=O)Nc2c(C)cnn2CC2CC2)ccc1OCC(C)C. The van der Waals surface area contributed by atoms with Gasteiger partial charge in [-0.05, 0) is 55.4 Å². The molecule has 0 unspecified atom stereocenters. The summed E-state index contributed by atoms with van der Waals surface area (Å²) in [5.41, 5.74) is 1.84. The van der Waals surface area contributed by atoms with E-state index in [9.17, 15) is 4.79 Å². The topological polar surface area (TPSA) is 65.4 Å². The van der Waals surface area contributed by atoms with Crippen LogP contribution in [0.4, 0.5) is 5.82 Å². The molecule has 3 rings (SSSR count). The van der Waals surface area contributed by atoms with E-state index in [1.807, 2.05) is 29.8 Å². The molecule has 0 bridgehead atoms. The maximum absolute atomic E-state index is 12.4. The zero-order valence-electron chi connectivity index (χ0n) is 17.1. The van der Waals surface area contributed by atoms with Crippen molar-refractivity contribution in [2.24, 2.45) is 11.8 Å². The molecule has 1 fully saturated rings. The average Bonchev–Trinajstić information content (AvgIpc) is 3.43. The summed E-state index contributed by atoms with van der Waals surface area (Å²) in [5.74, 6) is 3.08. The first kappa shape index (κ1) is 20.0. The number of hydrogen-bond acceptors (Lipinski definition) is 4. The molecule has 28 heavy (non-hydrogen) atoms. The van der Waals surface area contributed by atoms with Crippen molar-refractivity contribution in [1.29, 1.82) is 0 Å². The molecule has 0 radical (unpaired) electrons. The molecule has 1 aromatic carbocycles. The van der Waals surface area contributed by atoms with Crippen molar-refractivity contribution in [3.63, 3.8) is 0 Å². The third-order valence-corrected chi connectivity index (χ3v) is 4.58. The van der Waals surface area contributed by atoms with Crippen molar-refractivity contribution in [3.8, 4) is 11.5 Å². The van der Waals surface area contributed by atoms with E-state index in [-0.39, 0.29) is 5.91 Å². The van der Waals surface area contributed by atoms with E-state index in [0.29, 0.717) is 29.9 Å². The normalized spacial score (nSPS) is 13.9. The molecule has 1 aliphatic carbocycles. The van der Waals surface area contributed by atoms with Crippen LogP contribution in [0, 0.1) is 18.8 Å². The van der Waals surface area contributed by atoms with Crippen molar-refractivity contribution in [2.75, 3.05) is 19.0 Å². The molecular formula is C22H29N3O3. The van der Waals surface area contributed by atoms with Gasteiger partial charge in [-0.3, -0.25) is 4.79 Å². The maximum atomic E-state index is 12.4. The summed E-state index contributed by atoms with van der Waals surface area (Å²) in [6.07, 6.45) is 7.57. The smallest absolute Gasteiger partial charge is 0.249 e. The molecule has 1 amide bonds. The highest BCUT2D eigenvalue weighted by Crippen LogP contribution is 2.32. The standard InChI is InChI=1S/C22H29N3O3/c1-15(2)14-28-19-9-7-17(11-20(19)27-4)8-10-21(26)24-22-16(3)12-23-25(22)13-18-5-6-18/h7-12,15,18H,5-6,13-14H2,1-4H3,(H,24,26)/b10-8+. The highest BCUT2D eigenvalue weighted by atomic mass is 16.5. The lowest BCUT2D eigenvalue weighted by atomic mass is 10.2. The molecule has 1 aliphatic rings. The van der Waals surface area contributed by atoms with Crippen molar-refractivity contribution < 1.29 is 14.3 Å². The quantitative estimate of drug-likeness (QED) is 0.656. The lowest BCUT2D eigenvalue weighted by molar-refractivity contribution is -0.111. The number of carbonyl (C=O) groups excluding carboxylic acids is 1. The molecule has 1 N–H and O–H groups in total. The first-order valence-corrected chi connectivity index (χ1v) is 9.78. The van der Waals surface area contributed by atoms with Gasteiger partial charge in [0.25, 0.3) is 0 Å². The minimum absolute atomic E-state index is 0.181.